The van der Waals surface area contributed by atoms with E-state index in [9.17, 15) is 0 Å². The fraction of sp³-hybridized carbons (Fsp3) is 0.0625. The van der Waals surface area contributed by atoms with E-state index >= 15 is 0 Å². The van der Waals surface area contributed by atoms with E-state index in [1.54, 1.807) is 0 Å². The van der Waals surface area contributed by atoms with Crippen molar-refractivity contribution in [2.24, 2.45) is 0 Å². The van der Waals surface area contributed by atoms with E-state index in [2.05, 4.69) is 4.98 Å². The highest BCUT2D eigenvalue weighted by molar-refractivity contribution is 5.78. The summed E-state index contributed by atoms with van der Waals surface area (Å²) in [5.74, 6) is 1.37. The second-order valence-electron chi connectivity index (χ2n) is 4.65. The second-order valence-corrected chi connectivity index (χ2v) is 4.65. The number of anilines is 2. The molecular weight excluding hydrogens is 250 g/mol. The molecule has 0 aliphatic rings. The largest absolute Gasteiger partial charge is 0.440 e. The Labute approximate surface area is 117 Å². The molecule has 0 spiro atoms. The maximum Gasteiger partial charge on any atom is 0.192 e. The van der Waals surface area contributed by atoms with Gasteiger partial charge >= 0.3 is 0 Å². The smallest absolute Gasteiger partial charge is 0.192 e. The molecule has 0 saturated carbocycles. The molecule has 0 radical (unpaired) electrons. The number of oxazole rings is 1. The van der Waals surface area contributed by atoms with Crippen molar-refractivity contribution in [2.75, 3.05) is 11.5 Å². The highest BCUT2D eigenvalue weighted by Gasteiger charge is 2.14. The van der Waals surface area contributed by atoms with Crippen LogP contribution in [-0.4, -0.2) is 4.98 Å². The van der Waals surface area contributed by atoms with Crippen LogP contribution in [0.25, 0.3) is 22.6 Å². The SMILES string of the molecule is Cc1nc(-c2ccc(N)cc2)c(-c2ccc(N)cc2)o1. The predicted octanol–water partition coefficient (Wildman–Crippen LogP) is 3.48. The molecule has 0 unspecified atom stereocenters. The summed E-state index contributed by atoms with van der Waals surface area (Å²) in [6, 6.07) is 15.1. The normalized spacial score (nSPS) is 10.7. The molecule has 100 valence electrons. The second kappa shape index (κ2) is 4.74. The van der Waals surface area contributed by atoms with Gasteiger partial charge in [-0.2, -0.15) is 0 Å². The van der Waals surface area contributed by atoms with Gasteiger partial charge in [0.1, 0.15) is 5.69 Å². The summed E-state index contributed by atoms with van der Waals surface area (Å²) in [4.78, 5) is 4.47. The van der Waals surface area contributed by atoms with Crippen molar-refractivity contribution in [1.29, 1.82) is 0 Å². The van der Waals surface area contributed by atoms with Gasteiger partial charge in [-0.15, -0.1) is 0 Å². The lowest BCUT2D eigenvalue weighted by Gasteiger charge is -2.02. The van der Waals surface area contributed by atoms with Crippen LogP contribution < -0.4 is 11.5 Å². The molecule has 0 aliphatic carbocycles. The number of nitrogen functional groups attached to an aromatic ring is 2. The summed E-state index contributed by atoms with van der Waals surface area (Å²) >= 11 is 0. The number of nitrogens with two attached hydrogens (primary N) is 2. The standard InChI is InChI=1S/C16H15N3O/c1-10-19-15(11-2-6-13(17)7-3-11)16(20-10)12-4-8-14(18)9-5-12/h2-9H,17-18H2,1H3. The lowest BCUT2D eigenvalue weighted by Crippen LogP contribution is -1.87. The van der Waals surface area contributed by atoms with E-state index in [0.29, 0.717) is 5.89 Å². The number of benzene rings is 2. The molecule has 1 heterocycles. The topological polar surface area (TPSA) is 78.1 Å². The van der Waals surface area contributed by atoms with Gasteiger partial charge in [0.05, 0.1) is 0 Å². The molecule has 0 fully saturated rings. The van der Waals surface area contributed by atoms with Crippen molar-refractivity contribution in [1.82, 2.24) is 4.98 Å². The van der Waals surface area contributed by atoms with E-state index in [1.807, 2.05) is 55.5 Å². The third kappa shape index (κ3) is 2.23. The first-order chi connectivity index (χ1) is 9.63. The minimum absolute atomic E-state index is 0.628. The van der Waals surface area contributed by atoms with Crippen LogP contribution in [0.4, 0.5) is 11.4 Å². The molecular formula is C16H15N3O. The summed E-state index contributed by atoms with van der Waals surface area (Å²) in [6.45, 7) is 1.83. The molecule has 1 aromatic heterocycles. The Morgan fingerprint density at radius 1 is 0.800 bits per heavy atom. The molecule has 4 N–H and O–H groups in total. The van der Waals surface area contributed by atoms with E-state index in [1.165, 1.54) is 0 Å². The fourth-order valence-electron chi connectivity index (χ4n) is 2.09. The van der Waals surface area contributed by atoms with Gasteiger partial charge in [-0.3, -0.25) is 0 Å². The molecule has 3 aromatic rings. The molecule has 0 saturated heterocycles. The average Bonchev–Trinajstić information content (AvgIpc) is 2.82. The van der Waals surface area contributed by atoms with Crippen LogP contribution in [0, 0.1) is 6.92 Å². The Morgan fingerprint density at radius 3 is 1.85 bits per heavy atom. The molecule has 3 rings (SSSR count). The first-order valence-electron chi connectivity index (χ1n) is 6.33. The number of rotatable bonds is 2. The maximum absolute atomic E-state index is 5.74. The van der Waals surface area contributed by atoms with Crippen LogP contribution in [-0.2, 0) is 0 Å². The van der Waals surface area contributed by atoms with Gasteiger partial charge in [-0.1, -0.05) is 12.1 Å². The van der Waals surface area contributed by atoms with Gasteiger partial charge in [-0.05, 0) is 36.4 Å². The highest BCUT2D eigenvalue weighted by Crippen LogP contribution is 2.33. The lowest BCUT2D eigenvalue weighted by molar-refractivity contribution is 0.534. The van der Waals surface area contributed by atoms with Crippen molar-refractivity contribution in [2.45, 2.75) is 6.92 Å². The van der Waals surface area contributed by atoms with Crippen LogP contribution in [0.1, 0.15) is 5.89 Å². The fourth-order valence-corrected chi connectivity index (χ4v) is 2.09. The number of hydrogen-bond acceptors (Lipinski definition) is 4. The summed E-state index contributed by atoms with van der Waals surface area (Å²) in [7, 11) is 0. The minimum atomic E-state index is 0.628. The quantitative estimate of drug-likeness (QED) is 0.695. The van der Waals surface area contributed by atoms with Crippen LogP contribution in [0.15, 0.2) is 52.9 Å². The molecule has 2 aromatic carbocycles. The summed E-state index contributed by atoms with van der Waals surface area (Å²) in [5, 5.41) is 0. The van der Waals surface area contributed by atoms with Gasteiger partial charge in [-0.25, -0.2) is 4.98 Å². The first-order valence-corrected chi connectivity index (χ1v) is 6.33. The zero-order valence-corrected chi connectivity index (χ0v) is 11.1. The van der Waals surface area contributed by atoms with Gasteiger partial charge in [0, 0.05) is 29.4 Å². The molecule has 20 heavy (non-hydrogen) atoms. The van der Waals surface area contributed by atoms with E-state index < -0.39 is 0 Å². The highest BCUT2D eigenvalue weighted by atomic mass is 16.4. The Hall–Kier alpha value is -2.75. The molecule has 0 amide bonds. The maximum atomic E-state index is 5.74. The minimum Gasteiger partial charge on any atom is -0.440 e. The number of hydrogen-bond donors (Lipinski definition) is 2. The Kier molecular flexibility index (Phi) is 2.91. The molecule has 4 nitrogen and oxygen atoms in total. The lowest BCUT2D eigenvalue weighted by atomic mass is 10.1. The zero-order valence-electron chi connectivity index (χ0n) is 11.1. The van der Waals surface area contributed by atoms with Crippen molar-refractivity contribution >= 4 is 11.4 Å². The molecule has 0 bridgehead atoms. The van der Waals surface area contributed by atoms with Gasteiger partial charge in [0.25, 0.3) is 0 Å². The third-order valence-electron chi connectivity index (χ3n) is 3.09. The third-order valence-corrected chi connectivity index (χ3v) is 3.09. The van der Waals surface area contributed by atoms with Crippen LogP contribution >= 0.6 is 0 Å². The monoisotopic (exact) mass is 265 g/mol. The number of aromatic nitrogens is 1. The Bertz CT molecular complexity index is 664. The van der Waals surface area contributed by atoms with Crippen molar-refractivity contribution in [3.05, 3.63) is 54.4 Å². The predicted molar refractivity (Wildman–Crippen MR) is 80.9 cm³/mol. The number of nitrogens with zero attached hydrogens (tertiary/aromatic N) is 1. The van der Waals surface area contributed by atoms with Crippen molar-refractivity contribution < 1.29 is 4.42 Å². The van der Waals surface area contributed by atoms with E-state index in [4.69, 9.17) is 15.9 Å². The van der Waals surface area contributed by atoms with Crippen LogP contribution in [0.5, 0.6) is 0 Å². The van der Waals surface area contributed by atoms with Crippen molar-refractivity contribution in [3.8, 4) is 22.6 Å². The van der Waals surface area contributed by atoms with Gasteiger partial charge < -0.3 is 15.9 Å². The average molecular weight is 265 g/mol. The summed E-state index contributed by atoms with van der Waals surface area (Å²) in [5.41, 5.74) is 15.6. The van der Waals surface area contributed by atoms with Gasteiger partial charge in [0.15, 0.2) is 11.7 Å². The number of aryl methyl sites for hydroxylation is 1. The van der Waals surface area contributed by atoms with Gasteiger partial charge in [0.2, 0.25) is 0 Å². The zero-order chi connectivity index (χ0) is 14.1. The molecule has 0 aliphatic heterocycles. The molecule has 4 heteroatoms. The van der Waals surface area contributed by atoms with E-state index in [0.717, 1.165) is 34.0 Å². The Morgan fingerprint density at radius 2 is 1.30 bits per heavy atom. The molecule has 0 atom stereocenters. The summed E-state index contributed by atoms with van der Waals surface area (Å²) in [6.07, 6.45) is 0. The van der Waals surface area contributed by atoms with Crippen LogP contribution in [0.3, 0.4) is 0 Å². The first kappa shape index (κ1) is 12.3. The van der Waals surface area contributed by atoms with Crippen LogP contribution in [0.2, 0.25) is 0 Å². The Balaban J connectivity index is 2.12. The van der Waals surface area contributed by atoms with E-state index in [-0.39, 0.29) is 0 Å². The van der Waals surface area contributed by atoms with Crippen molar-refractivity contribution in [3.63, 3.8) is 0 Å². The summed E-state index contributed by atoms with van der Waals surface area (Å²) < 4.78 is 5.74.